The maximum absolute atomic E-state index is 14.2. The molecule has 0 radical (unpaired) electrons. The van der Waals surface area contributed by atoms with Gasteiger partial charge in [-0.2, -0.15) is 0 Å². The summed E-state index contributed by atoms with van der Waals surface area (Å²) in [5.74, 6) is -0.412. The first kappa shape index (κ1) is 16.3. The van der Waals surface area contributed by atoms with Gasteiger partial charge in [-0.15, -0.1) is 0 Å². The van der Waals surface area contributed by atoms with Crippen LogP contribution in [0.5, 0.6) is 0 Å². The van der Waals surface area contributed by atoms with Crippen molar-refractivity contribution in [1.29, 1.82) is 0 Å². The highest BCUT2D eigenvalue weighted by Gasteiger charge is 2.21. The molecule has 0 aliphatic carbocycles. The fraction of sp³-hybridized carbons (Fsp3) is 0.263. The van der Waals surface area contributed by atoms with Crippen molar-refractivity contribution in [3.8, 4) is 0 Å². The van der Waals surface area contributed by atoms with Gasteiger partial charge in [0.2, 0.25) is 0 Å². The van der Waals surface area contributed by atoms with Gasteiger partial charge in [0.05, 0.1) is 10.4 Å². The summed E-state index contributed by atoms with van der Waals surface area (Å²) in [4.78, 5) is 2.47. The average molecular weight is 358 g/mol. The zero-order valence-corrected chi connectivity index (χ0v) is 14.5. The highest BCUT2D eigenvalue weighted by Crippen LogP contribution is 2.27. The minimum absolute atomic E-state index is 0.192. The molecule has 2 aromatic carbocycles. The minimum Gasteiger partial charge on any atom is -0.299 e. The first-order valence-electron chi connectivity index (χ1n) is 8.38. The van der Waals surface area contributed by atoms with Gasteiger partial charge in [0, 0.05) is 18.1 Å². The van der Waals surface area contributed by atoms with E-state index in [1.165, 1.54) is 22.3 Å². The van der Waals surface area contributed by atoms with Crippen LogP contribution in [-0.4, -0.2) is 30.4 Å². The molecule has 4 nitrogen and oxygen atoms in total. The van der Waals surface area contributed by atoms with Gasteiger partial charge in [0.25, 0.3) is 10.0 Å². The molecule has 130 valence electrons. The van der Waals surface area contributed by atoms with Gasteiger partial charge in [-0.1, -0.05) is 18.2 Å². The summed E-state index contributed by atoms with van der Waals surface area (Å²) in [5, 5.41) is 0.785. The molecular weight excluding hydrogens is 339 g/mol. The van der Waals surface area contributed by atoms with E-state index in [2.05, 4.69) is 4.90 Å². The summed E-state index contributed by atoms with van der Waals surface area (Å²) in [6, 6.07) is 12.8. The van der Waals surface area contributed by atoms with Crippen LogP contribution in [0.1, 0.15) is 18.4 Å². The van der Waals surface area contributed by atoms with Crippen LogP contribution >= 0.6 is 0 Å². The van der Waals surface area contributed by atoms with Gasteiger partial charge < -0.3 is 0 Å². The Hall–Kier alpha value is -2.18. The molecule has 3 aromatic rings. The average Bonchev–Trinajstić information content (AvgIpc) is 3.25. The largest absolute Gasteiger partial charge is 0.299 e. The van der Waals surface area contributed by atoms with Crippen LogP contribution in [0.2, 0.25) is 0 Å². The number of aromatic nitrogens is 1. The second kappa shape index (κ2) is 6.28. The fourth-order valence-corrected chi connectivity index (χ4v) is 4.84. The van der Waals surface area contributed by atoms with Gasteiger partial charge >= 0.3 is 0 Å². The van der Waals surface area contributed by atoms with Crippen LogP contribution in [0.3, 0.4) is 0 Å². The first-order chi connectivity index (χ1) is 12.1. The molecule has 0 N–H and O–H groups in total. The predicted molar refractivity (Wildman–Crippen MR) is 95.4 cm³/mol. The molecule has 0 unspecified atom stereocenters. The minimum atomic E-state index is -3.75. The van der Waals surface area contributed by atoms with Crippen molar-refractivity contribution in [2.45, 2.75) is 24.3 Å². The quantitative estimate of drug-likeness (QED) is 0.715. The molecule has 0 saturated carbocycles. The molecular formula is C19H19FN2O2S. The molecule has 1 saturated heterocycles. The Morgan fingerprint density at radius 1 is 1.00 bits per heavy atom. The number of halogens is 1. The molecule has 1 aliphatic heterocycles. The third kappa shape index (κ3) is 2.96. The van der Waals surface area contributed by atoms with E-state index in [0.29, 0.717) is 12.1 Å². The highest BCUT2D eigenvalue weighted by molar-refractivity contribution is 7.90. The van der Waals surface area contributed by atoms with Crippen LogP contribution in [0.25, 0.3) is 10.9 Å². The third-order valence-electron chi connectivity index (χ3n) is 4.72. The Morgan fingerprint density at radius 3 is 2.44 bits per heavy atom. The first-order valence-corrected chi connectivity index (χ1v) is 9.82. The van der Waals surface area contributed by atoms with E-state index < -0.39 is 15.8 Å². The zero-order valence-electron chi connectivity index (χ0n) is 13.7. The molecule has 25 heavy (non-hydrogen) atoms. The van der Waals surface area contributed by atoms with Crippen molar-refractivity contribution < 1.29 is 12.8 Å². The summed E-state index contributed by atoms with van der Waals surface area (Å²) in [5.41, 5.74) is 1.22. The zero-order chi connectivity index (χ0) is 17.4. The van der Waals surface area contributed by atoms with Crippen molar-refractivity contribution in [1.82, 2.24) is 8.87 Å². The second-order valence-electron chi connectivity index (χ2n) is 6.41. The molecule has 1 fully saturated rings. The standard InChI is InChI=1S/C19H19FN2O2S/c20-16-12-15(14-21-9-4-5-10-21)18-8-11-22(19(18)13-16)25(23,24)17-6-2-1-3-7-17/h1-3,6-8,11-13H,4-5,9-10,14H2. The smallest absolute Gasteiger partial charge is 0.268 e. The maximum atomic E-state index is 14.2. The summed E-state index contributed by atoms with van der Waals surface area (Å²) >= 11 is 0. The number of benzene rings is 2. The number of nitrogens with zero attached hydrogens (tertiary/aromatic N) is 2. The topological polar surface area (TPSA) is 42.3 Å². The van der Waals surface area contributed by atoms with Crippen LogP contribution in [0.4, 0.5) is 4.39 Å². The number of hydrogen-bond donors (Lipinski definition) is 0. The summed E-state index contributed by atoms with van der Waals surface area (Å²) in [7, 11) is -3.75. The normalized spacial score (nSPS) is 15.9. The molecule has 0 amide bonds. The number of hydrogen-bond acceptors (Lipinski definition) is 3. The van der Waals surface area contributed by atoms with Crippen molar-refractivity contribution >= 4 is 20.9 Å². The molecule has 2 heterocycles. The van der Waals surface area contributed by atoms with Gasteiger partial charge in [-0.05, 0) is 61.8 Å². The van der Waals surface area contributed by atoms with E-state index in [4.69, 9.17) is 0 Å². The lowest BCUT2D eigenvalue weighted by Crippen LogP contribution is -2.18. The second-order valence-corrected chi connectivity index (χ2v) is 8.23. The summed E-state index contributed by atoms with van der Waals surface area (Å²) in [6.07, 6.45) is 3.82. The lowest BCUT2D eigenvalue weighted by molar-refractivity contribution is 0.332. The molecule has 0 bridgehead atoms. The Morgan fingerprint density at radius 2 is 1.72 bits per heavy atom. The van der Waals surface area contributed by atoms with E-state index in [-0.39, 0.29) is 4.90 Å². The Kier molecular flexibility index (Phi) is 4.09. The van der Waals surface area contributed by atoms with Crippen LogP contribution in [0, 0.1) is 5.82 Å². The molecule has 0 spiro atoms. The van der Waals surface area contributed by atoms with Crippen molar-refractivity contribution in [2.75, 3.05) is 13.1 Å². The van der Waals surface area contributed by atoms with E-state index in [9.17, 15) is 12.8 Å². The molecule has 4 rings (SSSR count). The fourth-order valence-electron chi connectivity index (χ4n) is 3.48. The number of fused-ring (bicyclic) bond motifs is 1. The maximum Gasteiger partial charge on any atom is 0.268 e. The van der Waals surface area contributed by atoms with Gasteiger partial charge in [0.1, 0.15) is 5.82 Å². The van der Waals surface area contributed by atoms with Gasteiger partial charge in [0.15, 0.2) is 0 Å². The molecule has 6 heteroatoms. The van der Waals surface area contributed by atoms with E-state index in [1.54, 1.807) is 36.4 Å². The van der Waals surface area contributed by atoms with Crippen molar-refractivity contribution in [2.24, 2.45) is 0 Å². The van der Waals surface area contributed by atoms with Crippen LogP contribution in [0.15, 0.2) is 59.6 Å². The SMILES string of the molecule is O=S(=O)(c1ccccc1)n1ccc2c(CN3CCCC3)cc(F)cc21. The van der Waals surface area contributed by atoms with Crippen LogP contribution in [-0.2, 0) is 16.6 Å². The van der Waals surface area contributed by atoms with Crippen LogP contribution < -0.4 is 0 Å². The Balaban J connectivity index is 1.83. The summed E-state index contributed by atoms with van der Waals surface area (Å²) < 4.78 is 41.2. The number of likely N-dealkylation sites (tertiary alicyclic amines) is 1. The lowest BCUT2D eigenvalue weighted by atomic mass is 10.1. The monoisotopic (exact) mass is 358 g/mol. The van der Waals surface area contributed by atoms with E-state index in [1.807, 2.05) is 0 Å². The lowest BCUT2D eigenvalue weighted by Gasteiger charge is -2.16. The highest BCUT2D eigenvalue weighted by atomic mass is 32.2. The predicted octanol–water partition coefficient (Wildman–Crippen LogP) is 3.61. The van der Waals surface area contributed by atoms with Gasteiger partial charge in [-0.3, -0.25) is 4.90 Å². The number of rotatable bonds is 4. The molecule has 0 atom stereocenters. The van der Waals surface area contributed by atoms with E-state index >= 15 is 0 Å². The molecule has 1 aliphatic rings. The van der Waals surface area contributed by atoms with Crippen molar-refractivity contribution in [3.05, 3.63) is 66.1 Å². The Bertz CT molecular complexity index is 1010. The third-order valence-corrected chi connectivity index (χ3v) is 6.42. The molecule has 1 aromatic heterocycles. The van der Waals surface area contributed by atoms with Gasteiger partial charge in [-0.25, -0.2) is 16.8 Å². The van der Waals surface area contributed by atoms with E-state index in [0.717, 1.165) is 36.9 Å². The van der Waals surface area contributed by atoms with Crippen molar-refractivity contribution in [3.63, 3.8) is 0 Å². The Labute approximate surface area is 146 Å². The summed E-state index contributed by atoms with van der Waals surface area (Å²) in [6.45, 7) is 2.64.